The third-order valence-electron chi connectivity index (χ3n) is 12.3. The van der Waals surface area contributed by atoms with E-state index in [2.05, 4.69) is 50.4 Å². The number of methoxy groups -OCH3 is 1. The van der Waals surface area contributed by atoms with Gasteiger partial charge in [0.1, 0.15) is 12.2 Å². The molecule has 216 valence electrons. The molecule has 0 bridgehead atoms. The third kappa shape index (κ3) is 3.23. The number of ketones is 1. The maximum absolute atomic E-state index is 13.5. The lowest BCUT2D eigenvalue weighted by molar-refractivity contribution is -0.210. The van der Waals surface area contributed by atoms with Crippen LogP contribution in [0.1, 0.15) is 73.6 Å². The molecule has 0 aliphatic heterocycles. The van der Waals surface area contributed by atoms with Crippen molar-refractivity contribution in [3.05, 3.63) is 23.8 Å². The van der Waals surface area contributed by atoms with Crippen molar-refractivity contribution in [2.24, 2.45) is 56.2 Å². The first-order chi connectivity index (χ1) is 18.3. The van der Waals surface area contributed by atoms with Crippen LogP contribution in [-0.2, 0) is 14.3 Å². The number of hydrogen-bond donors (Lipinski definition) is 4. The predicted molar refractivity (Wildman–Crippen MR) is 149 cm³/mol. The fraction of sp³-hybridized carbons (Fsp3) is 0.774. The van der Waals surface area contributed by atoms with Crippen molar-refractivity contribution in [1.29, 1.82) is 0 Å². The summed E-state index contributed by atoms with van der Waals surface area (Å²) in [6.07, 6.45) is 9.60. The van der Waals surface area contributed by atoms with E-state index in [0.29, 0.717) is 12.1 Å². The molecule has 5 N–H and O–H groups in total. The summed E-state index contributed by atoms with van der Waals surface area (Å²) in [4.78, 5) is 25.9. The van der Waals surface area contributed by atoms with E-state index in [1.54, 1.807) is 7.11 Å². The summed E-state index contributed by atoms with van der Waals surface area (Å²) < 4.78 is 6.21. The highest BCUT2D eigenvalue weighted by molar-refractivity contribution is 6.06. The minimum atomic E-state index is -1.11. The number of aliphatic hydroxyl groups is 2. The molecule has 5 rings (SSSR count). The highest BCUT2D eigenvalue weighted by Crippen LogP contribution is 2.90. The molecule has 0 aromatic rings. The highest BCUT2D eigenvalue weighted by Gasteiger charge is 2.89. The molecule has 1 amide bonds. The van der Waals surface area contributed by atoms with Gasteiger partial charge in [-0.05, 0) is 73.3 Å². The summed E-state index contributed by atoms with van der Waals surface area (Å²) in [5.41, 5.74) is 8.04. The van der Waals surface area contributed by atoms with E-state index in [4.69, 9.17) is 10.5 Å². The molecule has 9 atom stereocenters. The fourth-order valence-electron chi connectivity index (χ4n) is 10.5. The Balaban J connectivity index is 1.53. The van der Waals surface area contributed by atoms with Gasteiger partial charge in [0.05, 0.1) is 17.9 Å². The van der Waals surface area contributed by atoms with E-state index in [1.807, 2.05) is 19.9 Å². The van der Waals surface area contributed by atoms with Crippen LogP contribution in [0.4, 0.5) is 0 Å². The Morgan fingerprint density at radius 1 is 1.28 bits per heavy atom. The van der Waals surface area contributed by atoms with Gasteiger partial charge < -0.3 is 20.7 Å². The molecule has 4 saturated carbocycles. The van der Waals surface area contributed by atoms with Gasteiger partial charge in [0.2, 0.25) is 0 Å². The van der Waals surface area contributed by atoms with Gasteiger partial charge >= 0.3 is 0 Å². The van der Waals surface area contributed by atoms with Crippen LogP contribution in [-0.4, -0.2) is 59.1 Å². The van der Waals surface area contributed by atoms with Gasteiger partial charge in [0.25, 0.3) is 5.91 Å². The zero-order valence-electron chi connectivity index (χ0n) is 24.6. The number of carbonyl (C=O) groups is 2. The third-order valence-corrected chi connectivity index (χ3v) is 12.3. The average molecular weight is 542 g/mol. The predicted octanol–water partition coefficient (Wildman–Crippen LogP) is 3.12. The van der Waals surface area contributed by atoms with Crippen molar-refractivity contribution < 1.29 is 24.5 Å². The van der Waals surface area contributed by atoms with Crippen LogP contribution in [0, 0.1) is 45.3 Å². The number of amides is 1. The van der Waals surface area contributed by atoms with Gasteiger partial charge in [-0.3, -0.25) is 9.59 Å². The van der Waals surface area contributed by atoms with Crippen molar-refractivity contribution in [3.8, 4) is 0 Å². The molecular formula is C31H47N3O5. The molecule has 0 radical (unpaired) electrons. The highest BCUT2D eigenvalue weighted by atomic mass is 16.5. The van der Waals surface area contributed by atoms with E-state index in [0.717, 1.165) is 25.7 Å². The van der Waals surface area contributed by atoms with Crippen molar-refractivity contribution in [1.82, 2.24) is 5.43 Å². The Labute approximate surface area is 232 Å². The largest absolute Gasteiger partial charge is 0.392 e. The van der Waals surface area contributed by atoms with Crippen LogP contribution < -0.4 is 11.2 Å². The van der Waals surface area contributed by atoms with E-state index in [-0.39, 0.29) is 51.6 Å². The summed E-state index contributed by atoms with van der Waals surface area (Å²) >= 11 is 0. The quantitative estimate of drug-likeness (QED) is 0.366. The average Bonchev–Trinajstić information content (AvgIpc) is 3.56. The van der Waals surface area contributed by atoms with Gasteiger partial charge in [-0.2, -0.15) is 5.10 Å². The summed E-state index contributed by atoms with van der Waals surface area (Å²) in [6, 6.07) is -0.621. The topological polar surface area (TPSA) is 134 Å². The molecule has 39 heavy (non-hydrogen) atoms. The maximum Gasteiger partial charge on any atom is 0.257 e. The minimum absolute atomic E-state index is 0.0164. The zero-order valence-corrected chi connectivity index (χ0v) is 24.6. The number of carbonyl (C=O) groups excluding carboxylic acids is 2. The smallest absolute Gasteiger partial charge is 0.257 e. The summed E-state index contributed by atoms with van der Waals surface area (Å²) in [5, 5.41) is 26.6. The summed E-state index contributed by atoms with van der Waals surface area (Å²) in [5.74, 6) is -0.301. The summed E-state index contributed by atoms with van der Waals surface area (Å²) in [6.45, 7) is 11.9. The molecule has 0 aromatic heterocycles. The second kappa shape index (κ2) is 9.07. The molecule has 4 fully saturated rings. The SMILES string of the molecule is CO[C@]1(C(=O)CO)[C@H](C)C[C@H]2C34CCC5=C/C(=N/NC(=O)C(N)C(C)C)C=C[C@]5(C)[C@@]3(C4)[C@@H](O)C[C@@]21C(C)C. The van der Waals surface area contributed by atoms with Crippen molar-refractivity contribution in [2.75, 3.05) is 13.7 Å². The number of ether oxygens (including phenoxy) is 1. The Bertz CT molecular complexity index is 1160. The van der Waals surface area contributed by atoms with E-state index in [1.165, 1.54) is 5.57 Å². The van der Waals surface area contributed by atoms with Crippen molar-refractivity contribution in [2.45, 2.75) is 91.4 Å². The molecule has 5 aliphatic rings. The monoisotopic (exact) mass is 541 g/mol. The van der Waals surface area contributed by atoms with Crippen LogP contribution in [0.25, 0.3) is 0 Å². The first-order valence-corrected chi connectivity index (χ1v) is 14.7. The molecular weight excluding hydrogens is 494 g/mol. The Kier molecular flexibility index (Phi) is 6.66. The van der Waals surface area contributed by atoms with Crippen molar-refractivity contribution in [3.63, 3.8) is 0 Å². The first-order valence-electron chi connectivity index (χ1n) is 14.7. The lowest BCUT2D eigenvalue weighted by atomic mass is 9.43. The number of nitrogens with one attached hydrogen (secondary N) is 1. The molecule has 0 aromatic carbocycles. The van der Waals surface area contributed by atoms with Crippen LogP contribution >= 0.6 is 0 Å². The molecule has 8 heteroatoms. The van der Waals surface area contributed by atoms with E-state index >= 15 is 0 Å². The number of aliphatic hydroxyl groups excluding tert-OH is 2. The molecule has 0 heterocycles. The van der Waals surface area contributed by atoms with Gasteiger partial charge in [-0.15, -0.1) is 0 Å². The number of rotatable bonds is 7. The van der Waals surface area contributed by atoms with Crippen LogP contribution in [0.2, 0.25) is 0 Å². The fourth-order valence-corrected chi connectivity index (χ4v) is 10.5. The lowest BCUT2D eigenvalue weighted by Gasteiger charge is -2.62. The first kappa shape index (κ1) is 28.7. The zero-order chi connectivity index (χ0) is 28.8. The number of Topliss-reactive ketones (excluding diaryl/α,β-unsaturated/α-hetero) is 1. The number of hydrogen-bond acceptors (Lipinski definition) is 7. The van der Waals surface area contributed by atoms with Crippen LogP contribution in [0.3, 0.4) is 0 Å². The lowest BCUT2D eigenvalue weighted by Crippen LogP contribution is -2.66. The minimum Gasteiger partial charge on any atom is -0.392 e. The number of nitrogens with two attached hydrogens (primary N) is 1. The molecule has 0 spiro atoms. The molecule has 2 unspecified atom stereocenters. The summed E-state index contributed by atoms with van der Waals surface area (Å²) in [7, 11) is 1.61. The van der Waals surface area contributed by atoms with Crippen LogP contribution in [0.15, 0.2) is 28.9 Å². The Hall–Kier alpha value is -1.87. The van der Waals surface area contributed by atoms with Gasteiger partial charge in [0, 0.05) is 23.4 Å². The molecule has 5 aliphatic carbocycles. The van der Waals surface area contributed by atoms with E-state index in [9.17, 15) is 19.8 Å². The maximum atomic E-state index is 13.5. The number of hydrazone groups is 1. The number of allylic oxidation sites excluding steroid dienone is 4. The Morgan fingerprint density at radius 3 is 2.56 bits per heavy atom. The number of nitrogens with zero attached hydrogens (tertiary/aromatic N) is 1. The molecule has 8 nitrogen and oxygen atoms in total. The Morgan fingerprint density at radius 2 is 1.97 bits per heavy atom. The van der Waals surface area contributed by atoms with Gasteiger partial charge in [0.15, 0.2) is 5.78 Å². The molecule has 0 saturated heterocycles. The van der Waals surface area contributed by atoms with Gasteiger partial charge in [-0.1, -0.05) is 53.2 Å². The standard InChI is InChI=1S/C31H47N3O5/c1-17(2)25(32)26(38)34-33-21-9-10-27(6)20(13-21)8-11-28-16-30(27,28)23(36)14-29(18(3)4)22(28)12-19(5)31(29,39-7)24(37)15-35/h9-10,13,17-19,22-23,25,35-36H,8,11-12,14-16,32H2,1-7H3,(H,34,38)/b33-21+/t19-,22+,23+,25?,27+,28?,29-,30-,31+/m1/s1. The van der Waals surface area contributed by atoms with Crippen molar-refractivity contribution >= 4 is 17.4 Å². The van der Waals surface area contributed by atoms with E-state index < -0.39 is 29.8 Å². The number of fused-ring (bicyclic) bond motifs is 2. The second-order valence-corrected chi connectivity index (χ2v) is 13.9. The van der Waals surface area contributed by atoms with Crippen LogP contribution in [0.5, 0.6) is 0 Å². The second-order valence-electron chi connectivity index (χ2n) is 13.9. The normalized spacial score (nSPS) is 45.8. The van der Waals surface area contributed by atoms with Gasteiger partial charge in [-0.25, -0.2) is 5.43 Å².